The number of rotatable bonds is 6. The van der Waals surface area contributed by atoms with E-state index in [0.717, 1.165) is 29.2 Å². The number of nitrogens with one attached hydrogen (secondary N) is 1. The zero-order valence-electron chi connectivity index (χ0n) is 12.2. The number of halogens is 2. The molecule has 112 valence electrons. The molecule has 0 fully saturated rings. The van der Waals surface area contributed by atoms with Crippen LogP contribution < -0.4 is 10.1 Å². The van der Waals surface area contributed by atoms with Gasteiger partial charge in [-0.1, -0.05) is 35.3 Å². The highest BCUT2D eigenvalue weighted by Gasteiger charge is 2.11. The van der Waals surface area contributed by atoms with Gasteiger partial charge in [-0.05, 0) is 61.3 Å². The normalized spacial score (nSPS) is 12.2. The molecule has 0 spiro atoms. The molecule has 0 aliphatic heterocycles. The van der Waals surface area contributed by atoms with Crippen LogP contribution in [0.1, 0.15) is 11.1 Å². The molecule has 0 aliphatic rings. The van der Waals surface area contributed by atoms with E-state index in [9.17, 15) is 0 Å². The maximum absolute atomic E-state index is 6.24. The van der Waals surface area contributed by atoms with Gasteiger partial charge in [-0.2, -0.15) is 0 Å². The van der Waals surface area contributed by atoms with Crippen molar-refractivity contribution in [2.24, 2.45) is 0 Å². The minimum atomic E-state index is 0.300. The van der Waals surface area contributed by atoms with Crippen LogP contribution in [-0.2, 0) is 12.8 Å². The molecule has 0 heterocycles. The largest absolute Gasteiger partial charge is 0.497 e. The van der Waals surface area contributed by atoms with Gasteiger partial charge in [0.2, 0.25) is 0 Å². The highest BCUT2D eigenvalue weighted by atomic mass is 35.5. The molecule has 1 atom stereocenters. The van der Waals surface area contributed by atoms with E-state index < -0.39 is 0 Å². The van der Waals surface area contributed by atoms with Crippen LogP contribution in [0.4, 0.5) is 0 Å². The summed E-state index contributed by atoms with van der Waals surface area (Å²) in [5, 5.41) is 4.82. The van der Waals surface area contributed by atoms with Crippen molar-refractivity contribution in [1.29, 1.82) is 0 Å². The first kappa shape index (κ1) is 16.2. The average Bonchev–Trinajstić information content (AvgIpc) is 2.51. The van der Waals surface area contributed by atoms with Gasteiger partial charge < -0.3 is 10.1 Å². The SMILES string of the molecule is CNC(Cc1ccc(OC)cc1)Cc1cc(Cl)ccc1Cl. The smallest absolute Gasteiger partial charge is 0.118 e. The van der Waals surface area contributed by atoms with E-state index in [4.69, 9.17) is 27.9 Å². The predicted molar refractivity (Wildman–Crippen MR) is 89.7 cm³/mol. The lowest BCUT2D eigenvalue weighted by Crippen LogP contribution is -2.30. The number of hydrogen-bond donors (Lipinski definition) is 1. The van der Waals surface area contributed by atoms with Gasteiger partial charge in [-0.3, -0.25) is 0 Å². The van der Waals surface area contributed by atoms with Gasteiger partial charge in [0.05, 0.1) is 7.11 Å². The molecule has 1 unspecified atom stereocenters. The summed E-state index contributed by atoms with van der Waals surface area (Å²) in [7, 11) is 3.64. The number of hydrogen-bond acceptors (Lipinski definition) is 2. The van der Waals surface area contributed by atoms with Gasteiger partial charge in [0, 0.05) is 16.1 Å². The Morgan fingerprint density at radius 3 is 2.38 bits per heavy atom. The second kappa shape index (κ2) is 7.69. The molecule has 2 nitrogen and oxygen atoms in total. The van der Waals surface area contributed by atoms with Crippen LogP contribution in [0, 0.1) is 0 Å². The average molecular weight is 324 g/mol. The summed E-state index contributed by atoms with van der Waals surface area (Å²) in [6, 6.07) is 14.0. The molecule has 0 radical (unpaired) electrons. The lowest BCUT2D eigenvalue weighted by Gasteiger charge is -2.17. The third-order valence-corrected chi connectivity index (χ3v) is 4.13. The van der Waals surface area contributed by atoms with Crippen molar-refractivity contribution >= 4 is 23.2 Å². The van der Waals surface area contributed by atoms with E-state index in [0.29, 0.717) is 11.1 Å². The third-order valence-electron chi connectivity index (χ3n) is 3.52. The van der Waals surface area contributed by atoms with Crippen molar-refractivity contribution in [1.82, 2.24) is 5.32 Å². The van der Waals surface area contributed by atoms with Gasteiger partial charge >= 0.3 is 0 Å². The summed E-state index contributed by atoms with van der Waals surface area (Å²) in [6.07, 6.45) is 1.76. The first-order chi connectivity index (χ1) is 10.1. The van der Waals surface area contributed by atoms with Crippen LogP contribution in [0.25, 0.3) is 0 Å². The van der Waals surface area contributed by atoms with Gasteiger partial charge in [0.1, 0.15) is 5.75 Å². The lowest BCUT2D eigenvalue weighted by molar-refractivity contribution is 0.414. The van der Waals surface area contributed by atoms with E-state index in [1.54, 1.807) is 7.11 Å². The molecule has 0 aromatic heterocycles. The maximum Gasteiger partial charge on any atom is 0.118 e. The van der Waals surface area contributed by atoms with Crippen LogP contribution in [0.2, 0.25) is 10.0 Å². The van der Waals surface area contributed by atoms with Crippen molar-refractivity contribution in [2.45, 2.75) is 18.9 Å². The standard InChI is InChI=1S/C17H19Cl2NO/c1-20-15(9-12-3-6-16(21-2)7-4-12)11-13-10-14(18)5-8-17(13)19/h3-8,10,15,20H,9,11H2,1-2H3. The molecule has 1 N–H and O–H groups in total. The lowest BCUT2D eigenvalue weighted by atomic mass is 9.99. The van der Waals surface area contributed by atoms with E-state index >= 15 is 0 Å². The summed E-state index contributed by atoms with van der Waals surface area (Å²) in [5.74, 6) is 0.873. The maximum atomic E-state index is 6.24. The van der Waals surface area contributed by atoms with Crippen LogP contribution >= 0.6 is 23.2 Å². The molecule has 2 aromatic rings. The Morgan fingerprint density at radius 2 is 1.76 bits per heavy atom. The summed E-state index contributed by atoms with van der Waals surface area (Å²) in [4.78, 5) is 0. The Bertz CT molecular complexity index is 584. The van der Waals surface area contributed by atoms with Crippen molar-refractivity contribution < 1.29 is 4.74 Å². The summed E-state index contributed by atoms with van der Waals surface area (Å²) < 4.78 is 5.18. The summed E-state index contributed by atoms with van der Waals surface area (Å²) in [6.45, 7) is 0. The summed E-state index contributed by atoms with van der Waals surface area (Å²) >= 11 is 12.3. The van der Waals surface area contributed by atoms with Crippen LogP contribution in [0.3, 0.4) is 0 Å². The molecule has 21 heavy (non-hydrogen) atoms. The molecule has 0 saturated heterocycles. The van der Waals surface area contributed by atoms with Gasteiger partial charge in [0.15, 0.2) is 0 Å². The van der Waals surface area contributed by atoms with Gasteiger partial charge in [-0.25, -0.2) is 0 Å². The van der Waals surface area contributed by atoms with E-state index in [2.05, 4.69) is 17.4 Å². The Morgan fingerprint density at radius 1 is 1.05 bits per heavy atom. The zero-order valence-corrected chi connectivity index (χ0v) is 13.7. The Kier molecular flexibility index (Phi) is 5.92. The van der Waals surface area contributed by atoms with E-state index in [1.165, 1.54) is 5.56 Å². The Balaban J connectivity index is 2.07. The number of ether oxygens (including phenoxy) is 1. The van der Waals surface area contributed by atoms with Gasteiger partial charge in [0.25, 0.3) is 0 Å². The number of benzene rings is 2. The van der Waals surface area contributed by atoms with Crippen LogP contribution in [0.5, 0.6) is 5.75 Å². The molecule has 0 saturated carbocycles. The zero-order chi connectivity index (χ0) is 15.2. The van der Waals surface area contributed by atoms with Crippen molar-refractivity contribution in [3.8, 4) is 5.75 Å². The predicted octanol–water partition coefficient (Wildman–Crippen LogP) is 4.38. The minimum absolute atomic E-state index is 0.300. The number of methoxy groups -OCH3 is 1. The molecule has 2 aromatic carbocycles. The molecule has 2 rings (SSSR count). The van der Waals surface area contributed by atoms with E-state index in [1.807, 2.05) is 37.4 Å². The Hall–Kier alpha value is -1.22. The second-order valence-electron chi connectivity index (χ2n) is 4.98. The second-order valence-corrected chi connectivity index (χ2v) is 5.82. The van der Waals surface area contributed by atoms with Gasteiger partial charge in [-0.15, -0.1) is 0 Å². The Labute approximate surface area is 136 Å². The fraction of sp³-hybridized carbons (Fsp3) is 0.294. The van der Waals surface area contributed by atoms with Crippen molar-refractivity contribution in [3.05, 3.63) is 63.6 Å². The van der Waals surface area contributed by atoms with Crippen molar-refractivity contribution in [2.75, 3.05) is 14.2 Å². The minimum Gasteiger partial charge on any atom is -0.497 e. The van der Waals surface area contributed by atoms with Crippen LogP contribution in [-0.4, -0.2) is 20.2 Å². The topological polar surface area (TPSA) is 21.3 Å². The van der Waals surface area contributed by atoms with E-state index in [-0.39, 0.29) is 0 Å². The number of likely N-dealkylation sites (N-methyl/N-ethyl adjacent to an activating group) is 1. The van der Waals surface area contributed by atoms with Crippen LogP contribution in [0.15, 0.2) is 42.5 Å². The molecular weight excluding hydrogens is 305 g/mol. The molecule has 0 bridgehead atoms. The molecule has 0 aliphatic carbocycles. The monoisotopic (exact) mass is 323 g/mol. The highest BCUT2D eigenvalue weighted by Crippen LogP contribution is 2.23. The molecular formula is C17H19Cl2NO. The first-order valence-corrected chi connectivity index (χ1v) is 7.62. The fourth-order valence-electron chi connectivity index (χ4n) is 2.29. The van der Waals surface area contributed by atoms with Crippen molar-refractivity contribution in [3.63, 3.8) is 0 Å². The molecule has 0 amide bonds. The third kappa shape index (κ3) is 4.63. The molecule has 4 heteroatoms. The fourth-order valence-corrected chi connectivity index (χ4v) is 2.68. The highest BCUT2D eigenvalue weighted by molar-refractivity contribution is 6.33. The first-order valence-electron chi connectivity index (χ1n) is 6.86. The summed E-state index contributed by atoms with van der Waals surface area (Å²) in [5.41, 5.74) is 2.32. The quantitative estimate of drug-likeness (QED) is 0.852.